The molecule has 0 bridgehead atoms. The number of carbonyl (C=O) groups is 2. The second-order valence-electron chi connectivity index (χ2n) is 5.34. The average Bonchev–Trinajstić information content (AvgIpc) is 2.59. The van der Waals surface area contributed by atoms with Gasteiger partial charge in [-0.3, -0.25) is 9.59 Å². The highest BCUT2D eigenvalue weighted by molar-refractivity contribution is 5.94. The first-order chi connectivity index (χ1) is 11.1. The van der Waals surface area contributed by atoms with Crippen LogP contribution in [-0.4, -0.2) is 24.4 Å². The summed E-state index contributed by atoms with van der Waals surface area (Å²) >= 11 is 0. The second kappa shape index (κ2) is 8.10. The van der Waals surface area contributed by atoms with Gasteiger partial charge in [0.1, 0.15) is 0 Å². The number of carbonyl (C=O) groups excluding carboxylic acids is 2. The molecule has 0 heterocycles. The van der Waals surface area contributed by atoms with E-state index in [0.717, 1.165) is 5.56 Å². The summed E-state index contributed by atoms with van der Waals surface area (Å²) in [6, 6.07) is 17.5. The Labute approximate surface area is 135 Å². The lowest BCUT2D eigenvalue weighted by molar-refractivity contribution is -0.122. The van der Waals surface area contributed by atoms with Crippen LogP contribution in [0.5, 0.6) is 0 Å². The normalized spacial score (nSPS) is 13.0. The van der Waals surface area contributed by atoms with Gasteiger partial charge in [-0.1, -0.05) is 48.5 Å². The summed E-state index contributed by atoms with van der Waals surface area (Å²) < 4.78 is 0. The second-order valence-corrected chi connectivity index (χ2v) is 5.34. The van der Waals surface area contributed by atoms with Crippen molar-refractivity contribution >= 4 is 11.8 Å². The van der Waals surface area contributed by atoms with Crippen molar-refractivity contribution in [3.8, 4) is 0 Å². The molecule has 0 saturated heterocycles. The van der Waals surface area contributed by atoms with Crippen LogP contribution in [0.4, 0.5) is 0 Å². The lowest BCUT2D eigenvalue weighted by Crippen LogP contribution is -2.44. The van der Waals surface area contributed by atoms with Gasteiger partial charge in [-0.15, -0.1) is 0 Å². The van der Waals surface area contributed by atoms with Crippen molar-refractivity contribution in [3.05, 3.63) is 71.8 Å². The van der Waals surface area contributed by atoms with Crippen molar-refractivity contribution in [2.75, 3.05) is 6.54 Å². The van der Waals surface area contributed by atoms with E-state index >= 15 is 0 Å². The van der Waals surface area contributed by atoms with Crippen molar-refractivity contribution < 1.29 is 9.59 Å². The summed E-state index contributed by atoms with van der Waals surface area (Å²) in [6.45, 7) is 1.91. The summed E-state index contributed by atoms with van der Waals surface area (Å²) in [6.07, 6.45) is 0. The van der Waals surface area contributed by atoms with Crippen LogP contribution in [0.3, 0.4) is 0 Å². The summed E-state index contributed by atoms with van der Waals surface area (Å²) in [7, 11) is 0. The van der Waals surface area contributed by atoms with Gasteiger partial charge < -0.3 is 16.4 Å². The van der Waals surface area contributed by atoms with Gasteiger partial charge in [0.05, 0.1) is 12.1 Å². The molecule has 0 saturated carbocycles. The van der Waals surface area contributed by atoms with E-state index in [2.05, 4.69) is 10.6 Å². The third kappa shape index (κ3) is 4.93. The molecule has 2 rings (SSSR count). The van der Waals surface area contributed by atoms with E-state index in [1.54, 1.807) is 19.1 Å². The molecule has 0 aromatic heterocycles. The summed E-state index contributed by atoms with van der Waals surface area (Å²) in [4.78, 5) is 24.0. The Morgan fingerprint density at radius 3 is 2.13 bits per heavy atom. The number of hydrogen-bond donors (Lipinski definition) is 3. The Morgan fingerprint density at radius 2 is 1.57 bits per heavy atom. The third-order valence-corrected chi connectivity index (χ3v) is 3.43. The molecule has 1 unspecified atom stereocenters. The monoisotopic (exact) mass is 311 g/mol. The molecule has 2 aromatic rings. The molecule has 2 amide bonds. The molecule has 0 radical (unpaired) electrons. The Balaban J connectivity index is 2.06. The van der Waals surface area contributed by atoms with Crippen molar-refractivity contribution in [2.24, 2.45) is 5.73 Å². The molecule has 0 fully saturated rings. The molecule has 23 heavy (non-hydrogen) atoms. The van der Waals surface area contributed by atoms with Crippen molar-refractivity contribution in [3.63, 3.8) is 0 Å². The van der Waals surface area contributed by atoms with Gasteiger partial charge in [-0.05, 0) is 24.6 Å². The molecular weight excluding hydrogens is 290 g/mol. The fourth-order valence-electron chi connectivity index (χ4n) is 2.13. The number of benzene rings is 2. The zero-order valence-electron chi connectivity index (χ0n) is 13.0. The van der Waals surface area contributed by atoms with Crippen LogP contribution in [0.2, 0.25) is 0 Å². The van der Waals surface area contributed by atoms with Crippen LogP contribution in [-0.2, 0) is 4.79 Å². The minimum atomic E-state index is -0.606. The molecule has 2 aromatic carbocycles. The maximum atomic E-state index is 12.2. The Kier molecular flexibility index (Phi) is 5.88. The predicted molar refractivity (Wildman–Crippen MR) is 89.8 cm³/mol. The van der Waals surface area contributed by atoms with Gasteiger partial charge in [0.25, 0.3) is 5.91 Å². The van der Waals surface area contributed by atoms with Crippen molar-refractivity contribution in [2.45, 2.75) is 19.0 Å². The smallest absolute Gasteiger partial charge is 0.251 e. The molecule has 0 aliphatic rings. The van der Waals surface area contributed by atoms with E-state index in [4.69, 9.17) is 5.73 Å². The minimum absolute atomic E-state index is 0.179. The van der Waals surface area contributed by atoms with Gasteiger partial charge in [-0.2, -0.15) is 0 Å². The van der Waals surface area contributed by atoms with Crippen LogP contribution in [0, 0.1) is 0 Å². The lowest BCUT2D eigenvalue weighted by Gasteiger charge is -2.21. The van der Waals surface area contributed by atoms with Crippen LogP contribution in [0.15, 0.2) is 60.7 Å². The topological polar surface area (TPSA) is 84.2 Å². The highest BCUT2D eigenvalue weighted by atomic mass is 16.2. The summed E-state index contributed by atoms with van der Waals surface area (Å²) in [5, 5.41) is 5.71. The van der Waals surface area contributed by atoms with Crippen molar-refractivity contribution in [1.82, 2.24) is 10.6 Å². The summed E-state index contributed by atoms with van der Waals surface area (Å²) in [5.74, 6) is -0.436. The van der Waals surface area contributed by atoms with Crippen LogP contribution in [0.1, 0.15) is 28.9 Å². The molecule has 0 spiro atoms. The van der Waals surface area contributed by atoms with E-state index < -0.39 is 6.04 Å². The lowest BCUT2D eigenvalue weighted by atomic mass is 10.1. The number of nitrogens with two attached hydrogens (primary N) is 1. The SMILES string of the molecule is CC(N)C(=O)N[C@H](CNC(=O)c1ccccc1)c1ccccc1. The van der Waals surface area contributed by atoms with E-state index in [1.165, 1.54) is 0 Å². The van der Waals surface area contributed by atoms with Gasteiger partial charge >= 0.3 is 0 Å². The third-order valence-electron chi connectivity index (χ3n) is 3.43. The first-order valence-electron chi connectivity index (χ1n) is 7.52. The Bertz CT molecular complexity index is 642. The minimum Gasteiger partial charge on any atom is -0.350 e. The van der Waals surface area contributed by atoms with Crippen molar-refractivity contribution in [1.29, 1.82) is 0 Å². The van der Waals surface area contributed by atoms with Gasteiger partial charge in [0, 0.05) is 12.1 Å². The average molecular weight is 311 g/mol. The highest BCUT2D eigenvalue weighted by Gasteiger charge is 2.17. The predicted octanol–water partition coefficient (Wildman–Crippen LogP) is 1.62. The van der Waals surface area contributed by atoms with E-state index in [-0.39, 0.29) is 24.4 Å². The fraction of sp³-hybridized carbons (Fsp3) is 0.222. The Morgan fingerprint density at radius 1 is 1.00 bits per heavy atom. The number of amides is 2. The molecule has 4 N–H and O–H groups in total. The standard InChI is InChI=1S/C18H21N3O2/c1-13(19)17(22)21-16(14-8-4-2-5-9-14)12-20-18(23)15-10-6-3-7-11-15/h2-11,13,16H,12,19H2,1H3,(H,20,23)(H,21,22)/t13?,16-/m1/s1. The zero-order chi connectivity index (χ0) is 16.7. The maximum Gasteiger partial charge on any atom is 0.251 e. The largest absolute Gasteiger partial charge is 0.350 e. The quantitative estimate of drug-likeness (QED) is 0.758. The van der Waals surface area contributed by atoms with E-state index in [9.17, 15) is 9.59 Å². The zero-order valence-corrected chi connectivity index (χ0v) is 13.0. The van der Waals surface area contributed by atoms with Gasteiger partial charge in [-0.25, -0.2) is 0 Å². The fourth-order valence-corrected chi connectivity index (χ4v) is 2.13. The summed E-state index contributed by atoms with van der Waals surface area (Å²) in [5.41, 5.74) is 7.10. The molecular formula is C18H21N3O2. The van der Waals surface area contributed by atoms with Crippen LogP contribution in [0.25, 0.3) is 0 Å². The molecule has 2 atom stereocenters. The number of nitrogens with one attached hydrogen (secondary N) is 2. The van der Waals surface area contributed by atoms with E-state index in [1.807, 2.05) is 48.5 Å². The molecule has 0 aliphatic heterocycles. The van der Waals surface area contributed by atoms with Crippen LogP contribution >= 0.6 is 0 Å². The highest BCUT2D eigenvalue weighted by Crippen LogP contribution is 2.12. The van der Waals surface area contributed by atoms with Gasteiger partial charge in [0.2, 0.25) is 5.91 Å². The molecule has 0 aliphatic carbocycles. The maximum absolute atomic E-state index is 12.2. The molecule has 120 valence electrons. The number of hydrogen-bond acceptors (Lipinski definition) is 3. The van der Waals surface area contributed by atoms with E-state index in [0.29, 0.717) is 5.56 Å². The molecule has 5 heteroatoms. The van der Waals surface area contributed by atoms with Crippen LogP contribution < -0.4 is 16.4 Å². The number of rotatable bonds is 6. The first-order valence-corrected chi connectivity index (χ1v) is 7.52. The molecule has 5 nitrogen and oxygen atoms in total. The Hall–Kier alpha value is -2.66. The first kappa shape index (κ1) is 16.7. The van der Waals surface area contributed by atoms with Gasteiger partial charge in [0.15, 0.2) is 0 Å².